The van der Waals surface area contributed by atoms with Gasteiger partial charge in [-0.3, -0.25) is 14.3 Å². The van der Waals surface area contributed by atoms with E-state index < -0.39 is 0 Å². The van der Waals surface area contributed by atoms with Crippen molar-refractivity contribution in [1.82, 2.24) is 25.3 Å². The summed E-state index contributed by atoms with van der Waals surface area (Å²) in [7, 11) is 0. The van der Waals surface area contributed by atoms with Crippen LogP contribution in [0.3, 0.4) is 0 Å². The van der Waals surface area contributed by atoms with Crippen LogP contribution in [-0.2, 0) is 4.79 Å². The number of nitrogens with one attached hydrogen (secondary N) is 2. The second kappa shape index (κ2) is 10.3. The molecule has 1 aromatic heterocycles. The maximum absolute atomic E-state index is 13.1. The Kier molecular flexibility index (Phi) is 7.25. The van der Waals surface area contributed by atoms with E-state index in [4.69, 9.17) is 0 Å². The molecule has 0 radical (unpaired) electrons. The van der Waals surface area contributed by atoms with Crippen molar-refractivity contribution in [2.24, 2.45) is 0 Å². The zero-order valence-electron chi connectivity index (χ0n) is 19.2. The average Bonchev–Trinajstić information content (AvgIpc) is 3.49. The van der Waals surface area contributed by atoms with Crippen molar-refractivity contribution in [3.8, 4) is 0 Å². The Morgan fingerprint density at radius 1 is 1.25 bits per heavy atom. The van der Waals surface area contributed by atoms with Crippen LogP contribution in [0, 0.1) is 0 Å². The fraction of sp³-hybridized carbons (Fsp3) is 0.560. The summed E-state index contributed by atoms with van der Waals surface area (Å²) < 4.78 is 2.02. The molecule has 0 bridgehead atoms. The number of fused-ring (bicyclic) bond motifs is 1. The zero-order chi connectivity index (χ0) is 22.5. The summed E-state index contributed by atoms with van der Waals surface area (Å²) in [5, 5.41) is 10.6. The Balaban J connectivity index is 1.56. The molecular weight excluding hydrogens is 402 g/mol. The maximum Gasteiger partial charge on any atom is 0.255 e. The minimum atomic E-state index is -0.0997. The van der Waals surface area contributed by atoms with Gasteiger partial charge in [-0.15, -0.1) is 0 Å². The smallest absolute Gasteiger partial charge is 0.255 e. The van der Waals surface area contributed by atoms with Crippen molar-refractivity contribution in [1.29, 1.82) is 0 Å². The van der Waals surface area contributed by atoms with Gasteiger partial charge < -0.3 is 15.5 Å². The number of aromatic nitrogens is 2. The molecule has 7 heteroatoms. The van der Waals surface area contributed by atoms with Crippen LogP contribution in [0.4, 0.5) is 0 Å². The predicted octanol–water partition coefficient (Wildman–Crippen LogP) is 3.23. The molecule has 1 saturated heterocycles. The Bertz CT molecular complexity index is 930. The van der Waals surface area contributed by atoms with Gasteiger partial charge in [-0.25, -0.2) is 0 Å². The molecule has 0 atom stereocenters. The fourth-order valence-electron chi connectivity index (χ4n) is 5.00. The van der Waals surface area contributed by atoms with Gasteiger partial charge in [-0.05, 0) is 62.9 Å². The number of piperidine rings is 1. The summed E-state index contributed by atoms with van der Waals surface area (Å²) >= 11 is 0. The average molecular weight is 438 g/mol. The first kappa shape index (κ1) is 22.5. The maximum atomic E-state index is 13.1. The summed E-state index contributed by atoms with van der Waals surface area (Å²) in [5.41, 5.74) is 3.78. The minimum absolute atomic E-state index is 0.0987. The fourth-order valence-corrected chi connectivity index (χ4v) is 5.00. The van der Waals surface area contributed by atoms with Gasteiger partial charge >= 0.3 is 0 Å². The molecule has 0 unspecified atom stereocenters. The van der Waals surface area contributed by atoms with E-state index in [-0.39, 0.29) is 11.8 Å². The molecule has 2 N–H and O–H groups in total. The van der Waals surface area contributed by atoms with Gasteiger partial charge in [0.1, 0.15) is 0 Å². The molecule has 1 aromatic rings. The number of nitrogens with zero attached hydrogens (tertiary/aromatic N) is 3. The van der Waals surface area contributed by atoms with Crippen LogP contribution in [0.5, 0.6) is 0 Å². The molecule has 32 heavy (non-hydrogen) atoms. The van der Waals surface area contributed by atoms with Gasteiger partial charge in [-0.2, -0.15) is 5.10 Å². The summed E-state index contributed by atoms with van der Waals surface area (Å²) in [6.45, 7) is 9.89. The van der Waals surface area contributed by atoms with Gasteiger partial charge in [0.2, 0.25) is 0 Å². The third-order valence-electron chi connectivity index (χ3n) is 6.91. The first-order valence-electron chi connectivity index (χ1n) is 12.0. The number of carbonyl (C=O) groups excluding carboxylic acids is 2. The van der Waals surface area contributed by atoms with Gasteiger partial charge in [-0.1, -0.05) is 31.9 Å². The molecule has 0 aromatic carbocycles. The third kappa shape index (κ3) is 4.88. The van der Waals surface area contributed by atoms with E-state index in [0.717, 1.165) is 49.3 Å². The first-order chi connectivity index (χ1) is 15.6. The largest absolute Gasteiger partial charge is 0.351 e. The standard InChI is InChI=1S/C25H35N5O2/c1-3-18(2)21(24(31)26-11-14-29-12-7-4-8-13-29)15-19-16-27-25(32)22-17-28-30(23(19)22)20-9-5-6-10-20/h3,15,17,20H,1,4-14,16H2,2H3,(H,26,31)(H,27,32)/b19-15+,21-18+. The lowest BCUT2D eigenvalue weighted by molar-refractivity contribution is -0.117. The highest BCUT2D eigenvalue weighted by molar-refractivity contribution is 6.04. The molecule has 2 amide bonds. The zero-order valence-corrected chi connectivity index (χ0v) is 19.2. The lowest BCUT2D eigenvalue weighted by Crippen LogP contribution is -2.38. The second-order valence-electron chi connectivity index (χ2n) is 9.10. The SMILES string of the molecule is C=C/C(C)=C(\C=C1/CNC(=O)c2cnn(C3CCCC3)c21)C(=O)NCCN1CCCCC1. The number of hydrogen-bond donors (Lipinski definition) is 2. The molecule has 0 spiro atoms. The lowest BCUT2D eigenvalue weighted by Gasteiger charge is -2.26. The van der Waals surface area contributed by atoms with Gasteiger partial charge in [0.05, 0.1) is 23.5 Å². The molecule has 2 fully saturated rings. The number of allylic oxidation sites excluding steroid dienone is 2. The second-order valence-corrected chi connectivity index (χ2v) is 9.10. The number of rotatable bonds is 7. The first-order valence-corrected chi connectivity index (χ1v) is 12.0. The van der Waals surface area contributed by atoms with E-state index in [2.05, 4.69) is 27.2 Å². The molecule has 4 rings (SSSR count). The van der Waals surface area contributed by atoms with Crippen LogP contribution in [-0.4, -0.2) is 59.2 Å². The van der Waals surface area contributed by atoms with E-state index in [1.165, 1.54) is 32.1 Å². The topological polar surface area (TPSA) is 79.3 Å². The minimum Gasteiger partial charge on any atom is -0.351 e. The van der Waals surface area contributed by atoms with Crippen molar-refractivity contribution >= 4 is 17.4 Å². The number of likely N-dealkylation sites (tertiary alicyclic amines) is 1. The van der Waals surface area contributed by atoms with Crippen LogP contribution in [0.1, 0.15) is 74.0 Å². The van der Waals surface area contributed by atoms with Crippen LogP contribution < -0.4 is 10.6 Å². The van der Waals surface area contributed by atoms with Crippen molar-refractivity contribution in [3.63, 3.8) is 0 Å². The van der Waals surface area contributed by atoms with Gasteiger partial charge in [0.25, 0.3) is 11.8 Å². The molecule has 3 aliphatic rings. The molecule has 172 valence electrons. The highest BCUT2D eigenvalue weighted by atomic mass is 16.2. The van der Waals surface area contributed by atoms with E-state index in [0.29, 0.717) is 30.3 Å². The van der Waals surface area contributed by atoms with Gasteiger partial charge in [0, 0.05) is 25.2 Å². The van der Waals surface area contributed by atoms with E-state index >= 15 is 0 Å². The Morgan fingerprint density at radius 2 is 2.00 bits per heavy atom. The monoisotopic (exact) mass is 437 g/mol. The normalized spacial score (nSPS) is 21.8. The summed E-state index contributed by atoms with van der Waals surface area (Å²) in [4.78, 5) is 28.0. The van der Waals surface area contributed by atoms with Crippen LogP contribution in [0.2, 0.25) is 0 Å². The third-order valence-corrected chi connectivity index (χ3v) is 6.91. The number of carbonyl (C=O) groups is 2. The Labute approximate surface area is 190 Å². The molecular formula is C25H35N5O2. The summed E-state index contributed by atoms with van der Waals surface area (Å²) in [6.07, 6.45) is 13.6. The van der Waals surface area contributed by atoms with E-state index in [9.17, 15) is 9.59 Å². The molecule has 1 saturated carbocycles. The molecule has 2 aliphatic heterocycles. The van der Waals surface area contributed by atoms with Crippen LogP contribution in [0.25, 0.3) is 5.57 Å². The highest BCUT2D eigenvalue weighted by Gasteiger charge is 2.30. The molecule has 3 heterocycles. The highest BCUT2D eigenvalue weighted by Crippen LogP contribution is 2.34. The van der Waals surface area contributed by atoms with Crippen LogP contribution >= 0.6 is 0 Å². The number of hydrogen-bond acceptors (Lipinski definition) is 4. The summed E-state index contributed by atoms with van der Waals surface area (Å²) in [6, 6.07) is 0.319. The van der Waals surface area contributed by atoms with Crippen molar-refractivity contribution in [2.45, 2.75) is 57.9 Å². The van der Waals surface area contributed by atoms with E-state index in [1.54, 1.807) is 12.3 Å². The quantitative estimate of drug-likeness (QED) is 0.507. The predicted molar refractivity (Wildman–Crippen MR) is 126 cm³/mol. The van der Waals surface area contributed by atoms with Crippen molar-refractivity contribution in [3.05, 3.63) is 47.3 Å². The van der Waals surface area contributed by atoms with Crippen molar-refractivity contribution in [2.75, 3.05) is 32.7 Å². The van der Waals surface area contributed by atoms with Gasteiger partial charge in [0.15, 0.2) is 0 Å². The molecule has 1 aliphatic carbocycles. The Morgan fingerprint density at radius 3 is 2.72 bits per heavy atom. The number of amides is 2. The summed E-state index contributed by atoms with van der Waals surface area (Å²) in [5.74, 6) is -0.198. The van der Waals surface area contributed by atoms with E-state index in [1.807, 2.05) is 17.7 Å². The Hall–Kier alpha value is -2.67. The lowest BCUT2D eigenvalue weighted by atomic mass is 9.98. The van der Waals surface area contributed by atoms with Crippen LogP contribution in [0.15, 0.2) is 36.1 Å². The molecule has 7 nitrogen and oxygen atoms in total. The van der Waals surface area contributed by atoms with Crippen molar-refractivity contribution < 1.29 is 9.59 Å².